The molecule has 1 aromatic carbocycles. The van der Waals surface area contributed by atoms with Gasteiger partial charge in [-0.3, -0.25) is 19.0 Å². The van der Waals surface area contributed by atoms with Crippen LogP contribution >= 0.6 is 0 Å². The van der Waals surface area contributed by atoms with Crippen LogP contribution in [0.3, 0.4) is 0 Å². The Balaban J connectivity index is 2.34. The van der Waals surface area contributed by atoms with Gasteiger partial charge in [0.2, 0.25) is 0 Å². The molecule has 0 fully saturated rings. The third kappa shape index (κ3) is 2.20. The Morgan fingerprint density at radius 1 is 1.10 bits per heavy atom. The summed E-state index contributed by atoms with van der Waals surface area (Å²) in [4.78, 5) is 35.5. The fourth-order valence-electron chi connectivity index (χ4n) is 2.66. The Hall–Kier alpha value is -2.56. The number of fused-ring (bicyclic) bond motifs is 1. The number of pyridine rings is 1. The van der Waals surface area contributed by atoms with E-state index in [4.69, 9.17) is 0 Å². The summed E-state index contributed by atoms with van der Waals surface area (Å²) in [6.07, 6.45) is 2.09. The van der Waals surface area contributed by atoms with Gasteiger partial charge in [-0.25, -0.2) is 4.39 Å². The molecule has 0 saturated heterocycles. The van der Waals surface area contributed by atoms with Crippen molar-refractivity contribution in [2.24, 2.45) is 0 Å². The zero-order valence-electron chi connectivity index (χ0n) is 11.1. The van der Waals surface area contributed by atoms with Gasteiger partial charge in [0.15, 0.2) is 12.1 Å². The smallest absolute Gasteiger partial charge is 0.265 e. The number of benzene rings is 1. The number of aromatic nitrogens is 1. The molecular formula is C16H12FNO3. The molecule has 21 heavy (non-hydrogen) atoms. The molecule has 2 aromatic rings. The minimum atomic E-state index is -0.481. The summed E-state index contributed by atoms with van der Waals surface area (Å²) in [6, 6.07) is 6.78. The average Bonchev–Trinajstić information content (AvgIpc) is 2.48. The second kappa shape index (κ2) is 5.09. The van der Waals surface area contributed by atoms with Crippen LogP contribution in [0.5, 0.6) is 0 Å². The minimum absolute atomic E-state index is 0.0617. The first-order chi connectivity index (χ1) is 10.1. The van der Waals surface area contributed by atoms with Crippen LogP contribution in [-0.2, 0) is 6.42 Å². The molecule has 1 aliphatic carbocycles. The molecule has 0 unspecified atom stereocenters. The number of carbonyl (C=O) groups is 2. The van der Waals surface area contributed by atoms with Crippen molar-refractivity contribution in [3.05, 3.63) is 63.3 Å². The number of hydrogen-bond acceptors (Lipinski definition) is 3. The van der Waals surface area contributed by atoms with Crippen LogP contribution in [0.15, 0.2) is 35.1 Å². The molecule has 0 amide bonds. The first-order valence-corrected chi connectivity index (χ1v) is 6.65. The van der Waals surface area contributed by atoms with Crippen LogP contribution in [0.4, 0.5) is 4.39 Å². The summed E-state index contributed by atoms with van der Waals surface area (Å²) in [5, 5.41) is 0. The zero-order chi connectivity index (χ0) is 15.0. The van der Waals surface area contributed by atoms with Crippen LogP contribution in [0.2, 0.25) is 0 Å². The van der Waals surface area contributed by atoms with E-state index in [0.717, 1.165) is 0 Å². The highest BCUT2D eigenvalue weighted by Crippen LogP contribution is 2.23. The summed E-state index contributed by atoms with van der Waals surface area (Å²) in [5.74, 6) is -0.488. The van der Waals surface area contributed by atoms with E-state index in [9.17, 15) is 18.8 Å². The molecule has 0 saturated carbocycles. The van der Waals surface area contributed by atoms with Crippen LogP contribution in [-0.4, -0.2) is 16.6 Å². The highest BCUT2D eigenvalue weighted by molar-refractivity contribution is 5.99. The molecule has 1 aromatic heterocycles. The van der Waals surface area contributed by atoms with Gasteiger partial charge < -0.3 is 0 Å². The van der Waals surface area contributed by atoms with Gasteiger partial charge in [0, 0.05) is 23.4 Å². The Labute approximate surface area is 119 Å². The lowest BCUT2D eigenvalue weighted by Gasteiger charge is -2.20. The lowest BCUT2D eigenvalue weighted by Crippen LogP contribution is -2.30. The predicted octanol–water partition coefficient (Wildman–Crippen LogP) is 2.31. The summed E-state index contributed by atoms with van der Waals surface area (Å²) in [7, 11) is 0. The van der Waals surface area contributed by atoms with E-state index in [2.05, 4.69) is 0 Å². The Morgan fingerprint density at radius 3 is 2.48 bits per heavy atom. The molecule has 0 aliphatic heterocycles. The standard InChI is InChI=1S/C16H12FNO3/c17-11-4-6-12(7-5-11)18-14-2-1-3-15(20)13(14)8-10(9-19)16(18)21/h4-9H,1-3H2. The molecule has 0 bridgehead atoms. The Kier molecular flexibility index (Phi) is 3.25. The number of rotatable bonds is 2. The molecule has 4 nitrogen and oxygen atoms in total. The van der Waals surface area contributed by atoms with Crippen LogP contribution in [0.1, 0.15) is 39.3 Å². The van der Waals surface area contributed by atoms with Crippen LogP contribution < -0.4 is 5.56 Å². The van der Waals surface area contributed by atoms with Gasteiger partial charge in [-0.15, -0.1) is 0 Å². The zero-order valence-corrected chi connectivity index (χ0v) is 11.1. The molecule has 5 heteroatoms. The van der Waals surface area contributed by atoms with Crippen molar-refractivity contribution < 1.29 is 14.0 Å². The maximum atomic E-state index is 13.1. The van der Waals surface area contributed by atoms with E-state index in [-0.39, 0.29) is 11.3 Å². The summed E-state index contributed by atoms with van der Waals surface area (Å²) in [6.45, 7) is 0. The number of nitrogens with zero attached hydrogens (tertiary/aromatic N) is 1. The summed E-state index contributed by atoms with van der Waals surface area (Å²) >= 11 is 0. The van der Waals surface area contributed by atoms with Crippen molar-refractivity contribution in [2.75, 3.05) is 0 Å². The van der Waals surface area contributed by atoms with Crippen molar-refractivity contribution in [3.63, 3.8) is 0 Å². The van der Waals surface area contributed by atoms with Crippen molar-refractivity contribution in [1.29, 1.82) is 0 Å². The number of aldehydes is 1. The first-order valence-electron chi connectivity index (χ1n) is 6.65. The fourth-order valence-corrected chi connectivity index (χ4v) is 2.66. The lowest BCUT2D eigenvalue weighted by atomic mass is 9.93. The van der Waals surface area contributed by atoms with Gasteiger partial charge in [-0.05, 0) is 43.2 Å². The van der Waals surface area contributed by atoms with Gasteiger partial charge in [0.05, 0.1) is 5.56 Å². The molecule has 0 N–H and O–H groups in total. The van der Waals surface area contributed by atoms with Crippen molar-refractivity contribution in [1.82, 2.24) is 4.57 Å². The third-order valence-corrected chi connectivity index (χ3v) is 3.66. The largest absolute Gasteiger partial charge is 0.298 e. The molecule has 0 spiro atoms. The van der Waals surface area contributed by atoms with Gasteiger partial charge in [0.1, 0.15) is 5.82 Å². The lowest BCUT2D eigenvalue weighted by molar-refractivity contribution is 0.0971. The molecular weight excluding hydrogens is 273 g/mol. The van der Waals surface area contributed by atoms with Crippen molar-refractivity contribution in [3.8, 4) is 5.69 Å². The van der Waals surface area contributed by atoms with E-state index in [0.29, 0.717) is 42.5 Å². The summed E-state index contributed by atoms with van der Waals surface area (Å²) in [5.41, 5.74) is 0.912. The van der Waals surface area contributed by atoms with E-state index < -0.39 is 11.4 Å². The number of ketones is 1. The fraction of sp³-hybridized carbons (Fsp3) is 0.188. The van der Waals surface area contributed by atoms with Crippen LogP contribution in [0.25, 0.3) is 5.69 Å². The molecule has 0 atom stereocenters. The molecule has 1 heterocycles. The number of halogens is 1. The van der Waals surface area contributed by atoms with E-state index >= 15 is 0 Å². The SMILES string of the molecule is O=Cc1cc2c(n(-c3ccc(F)cc3)c1=O)CCCC2=O. The third-order valence-electron chi connectivity index (χ3n) is 3.66. The monoisotopic (exact) mass is 285 g/mol. The highest BCUT2D eigenvalue weighted by atomic mass is 19.1. The maximum Gasteiger partial charge on any atom is 0.265 e. The van der Waals surface area contributed by atoms with Gasteiger partial charge in [-0.2, -0.15) is 0 Å². The molecule has 0 radical (unpaired) electrons. The number of carbonyl (C=O) groups excluding carboxylic acids is 2. The highest BCUT2D eigenvalue weighted by Gasteiger charge is 2.23. The molecule has 106 valence electrons. The average molecular weight is 285 g/mol. The minimum Gasteiger partial charge on any atom is -0.298 e. The predicted molar refractivity (Wildman–Crippen MR) is 74.7 cm³/mol. The summed E-state index contributed by atoms with van der Waals surface area (Å²) < 4.78 is 14.4. The van der Waals surface area contributed by atoms with Crippen molar-refractivity contribution >= 4 is 12.1 Å². The molecule has 3 rings (SSSR count). The van der Waals surface area contributed by atoms with Gasteiger partial charge >= 0.3 is 0 Å². The van der Waals surface area contributed by atoms with E-state index in [1.165, 1.54) is 34.9 Å². The van der Waals surface area contributed by atoms with Gasteiger partial charge in [0.25, 0.3) is 5.56 Å². The normalized spacial score (nSPS) is 13.9. The Bertz CT molecular complexity index is 790. The van der Waals surface area contributed by atoms with Crippen LogP contribution in [0, 0.1) is 5.82 Å². The quantitative estimate of drug-likeness (QED) is 0.796. The number of Topliss-reactive ketones (excluding diaryl/α,β-unsaturated/α-hetero) is 1. The number of hydrogen-bond donors (Lipinski definition) is 0. The Morgan fingerprint density at radius 2 is 1.81 bits per heavy atom. The second-order valence-corrected chi connectivity index (χ2v) is 4.97. The van der Waals surface area contributed by atoms with Gasteiger partial charge in [-0.1, -0.05) is 0 Å². The van der Waals surface area contributed by atoms with E-state index in [1.54, 1.807) is 0 Å². The van der Waals surface area contributed by atoms with E-state index in [1.807, 2.05) is 0 Å². The molecule has 1 aliphatic rings. The maximum absolute atomic E-state index is 13.1. The first kappa shape index (κ1) is 13.4. The van der Waals surface area contributed by atoms with Crippen molar-refractivity contribution in [2.45, 2.75) is 19.3 Å². The topological polar surface area (TPSA) is 56.1 Å². The second-order valence-electron chi connectivity index (χ2n) is 4.97.